The molecule has 0 unspecified atom stereocenters. The number of alkyl halides is 3. The van der Waals surface area contributed by atoms with Crippen molar-refractivity contribution in [3.05, 3.63) is 23.8 Å². The van der Waals surface area contributed by atoms with Gasteiger partial charge < -0.3 is 10.1 Å². The molecule has 0 spiro atoms. The zero-order chi connectivity index (χ0) is 20.8. The molecule has 1 aliphatic heterocycles. The first-order valence-corrected chi connectivity index (χ1v) is 10.9. The van der Waals surface area contributed by atoms with Crippen molar-refractivity contribution in [3.63, 3.8) is 0 Å². The van der Waals surface area contributed by atoms with E-state index in [2.05, 4.69) is 5.32 Å². The number of benzene rings is 1. The summed E-state index contributed by atoms with van der Waals surface area (Å²) in [7, 11) is -3.39. The highest BCUT2D eigenvalue weighted by atomic mass is 32.2. The standard InChI is InChI=1S/C18H25F3N2O4S/c1-2-11-27-16-8-7-14(18(19,20)21)13-15(16)22-17(24)6-5-12-28(25,26)23-9-3-4-10-23/h7-8,13H,2-6,9-12H2,1H3,(H,22,24). The number of carbonyl (C=O) groups excluding carboxylic acids is 1. The Kier molecular flexibility index (Phi) is 7.70. The lowest BCUT2D eigenvalue weighted by Crippen LogP contribution is -2.30. The van der Waals surface area contributed by atoms with Crippen LogP contribution in [0.25, 0.3) is 0 Å². The Bertz CT molecular complexity index is 776. The first-order chi connectivity index (χ1) is 13.1. The average Bonchev–Trinajstić information content (AvgIpc) is 3.15. The van der Waals surface area contributed by atoms with E-state index in [1.54, 1.807) is 0 Å². The monoisotopic (exact) mass is 422 g/mol. The van der Waals surface area contributed by atoms with Crippen molar-refractivity contribution in [1.29, 1.82) is 0 Å². The number of sulfonamides is 1. The van der Waals surface area contributed by atoms with Crippen LogP contribution in [0.2, 0.25) is 0 Å². The fourth-order valence-corrected chi connectivity index (χ4v) is 4.45. The predicted octanol–water partition coefficient (Wildman–Crippen LogP) is 3.64. The quantitative estimate of drug-likeness (QED) is 0.659. The molecule has 158 valence electrons. The van der Waals surface area contributed by atoms with Crippen molar-refractivity contribution in [2.45, 2.75) is 45.2 Å². The van der Waals surface area contributed by atoms with Gasteiger partial charge in [-0.2, -0.15) is 13.2 Å². The van der Waals surface area contributed by atoms with Gasteiger partial charge in [-0.05, 0) is 43.9 Å². The third kappa shape index (κ3) is 6.37. The number of carbonyl (C=O) groups is 1. The molecule has 1 aromatic rings. The summed E-state index contributed by atoms with van der Waals surface area (Å²) < 4.78 is 69.9. The van der Waals surface area contributed by atoms with Crippen LogP contribution in [0.15, 0.2) is 18.2 Å². The van der Waals surface area contributed by atoms with E-state index in [1.165, 1.54) is 10.4 Å². The van der Waals surface area contributed by atoms with Crippen LogP contribution < -0.4 is 10.1 Å². The Morgan fingerprint density at radius 2 is 1.93 bits per heavy atom. The van der Waals surface area contributed by atoms with Gasteiger partial charge in [-0.25, -0.2) is 12.7 Å². The molecular weight excluding hydrogens is 397 g/mol. The van der Waals surface area contributed by atoms with Gasteiger partial charge in [0.15, 0.2) is 0 Å². The highest BCUT2D eigenvalue weighted by molar-refractivity contribution is 7.89. The molecule has 28 heavy (non-hydrogen) atoms. The van der Waals surface area contributed by atoms with E-state index in [1.807, 2.05) is 6.92 Å². The molecule has 1 aromatic carbocycles. The van der Waals surface area contributed by atoms with Crippen molar-refractivity contribution < 1.29 is 31.1 Å². The maximum absolute atomic E-state index is 12.9. The van der Waals surface area contributed by atoms with Crippen LogP contribution in [0.5, 0.6) is 5.75 Å². The molecule has 1 fully saturated rings. The summed E-state index contributed by atoms with van der Waals surface area (Å²) in [5.41, 5.74) is -0.973. The van der Waals surface area contributed by atoms with Gasteiger partial charge >= 0.3 is 6.18 Å². The third-order valence-corrected chi connectivity index (χ3v) is 6.26. The maximum atomic E-state index is 12.9. The molecule has 0 radical (unpaired) electrons. The van der Waals surface area contributed by atoms with E-state index in [-0.39, 0.29) is 30.0 Å². The molecule has 1 amide bonds. The van der Waals surface area contributed by atoms with E-state index in [9.17, 15) is 26.4 Å². The minimum atomic E-state index is -4.55. The van der Waals surface area contributed by atoms with Gasteiger partial charge in [-0.15, -0.1) is 0 Å². The van der Waals surface area contributed by atoms with E-state index in [4.69, 9.17) is 4.74 Å². The van der Waals surface area contributed by atoms with Crippen LogP contribution >= 0.6 is 0 Å². The second kappa shape index (κ2) is 9.60. The van der Waals surface area contributed by atoms with Crippen molar-refractivity contribution in [2.24, 2.45) is 0 Å². The van der Waals surface area contributed by atoms with Crippen LogP contribution in [0.4, 0.5) is 18.9 Å². The lowest BCUT2D eigenvalue weighted by molar-refractivity contribution is -0.137. The van der Waals surface area contributed by atoms with Crippen molar-refractivity contribution in [2.75, 3.05) is 30.8 Å². The van der Waals surface area contributed by atoms with Gasteiger partial charge in [0, 0.05) is 19.5 Å². The van der Waals surface area contributed by atoms with Gasteiger partial charge in [0.25, 0.3) is 0 Å². The van der Waals surface area contributed by atoms with Gasteiger partial charge in [0.05, 0.1) is 23.6 Å². The Morgan fingerprint density at radius 1 is 1.25 bits per heavy atom. The highest BCUT2D eigenvalue weighted by Crippen LogP contribution is 2.35. The van der Waals surface area contributed by atoms with E-state index in [0.717, 1.165) is 25.0 Å². The van der Waals surface area contributed by atoms with Crippen LogP contribution in [0.1, 0.15) is 44.6 Å². The summed E-state index contributed by atoms with van der Waals surface area (Å²) in [5, 5.41) is 2.42. The molecule has 0 atom stereocenters. The molecule has 1 aliphatic rings. The topological polar surface area (TPSA) is 75.7 Å². The number of anilines is 1. The van der Waals surface area contributed by atoms with E-state index < -0.39 is 27.7 Å². The van der Waals surface area contributed by atoms with Crippen LogP contribution in [0, 0.1) is 0 Å². The molecule has 6 nitrogen and oxygen atoms in total. The molecule has 0 aliphatic carbocycles. The molecule has 1 heterocycles. The first kappa shape index (κ1) is 22.5. The summed E-state index contributed by atoms with van der Waals surface area (Å²) in [4.78, 5) is 12.2. The molecule has 10 heteroatoms. The number of ether oxygens (including phenoxy) is 1. The summed E-state index contributed by atoms with van der Waals surface area (Å²) >= 11 is 0. The summed E-state index contributed by atoms with van der Waals surface area (Å²) in [6.45, 7) is 3.14. The average molecular weight is 422 g/mol. The van der Waals surface area contributed by atoms with E-state index in [0.29, 0.717) is 26.1 Å². The van der Waals surface area contributed by atoms with Crippen molar-refractivity contribution in [3.8, 4) is 5.75 Å². The Hall–Kier alpha value is -1.81. The smallest absolute Gasteiger partial charge is 0.416 e. The minimum Gasteiger partial charge on any atom is -0.491 e. The number of hydrogen-bond acceptors (Lipinski definition) is 4. The molecule has 2 rings (SSSR count). The number of nitrogens with one attached hydrogen (secondary N) is 1. The van der Waals surface area contributed by atoms with E-state index >= 15 is 0 Å². The Morgan fingerprint density at radius 3 is 2.54 bits per heavy atom. The predicted molar refractivity (Wildman–Crippen MR) is 99.7 cm³/mol. The lowest BCUT2D eigenvalue weighted by Gasteiger charge is -2.16. The van der Waals surface area contributed by atoms with Gasteiger partial charge in [0.2, 0.25) is 15.9 Å². The number of rotatable bonds is 9. The van der Waals surface area contributed by atoms with Gasteiger partial charge in [-0.1, -0.05) is 6.92 Å². The van der Waals surface area contributed by atoms with Gasteiger partial charge in [0.1, 0.15) is 5.75 Å². The zero-order valence-electron chi connectivity index (χ0n) is 15.7. The fourth-order valence-electron chi connectivity index (χ4n) is 2.87. The second-order valence-corrected chi connectivity index (χ2v) is 8.72. The molecule has 0 aromatic heterocycles. The summed E-state index contributed by atoms with van der Waals surface area (Å²) in [5.74, 6) is -0.576. The number of halogens is 3. The van der Waals surface area contributed by atoms with Crippen LogP contribution in [-0.2, 0) is 21.0 Å². The fraction of sp³-hybridized carbons (Fsp3) is 0.611. The van der Waals surface area contributed by atoms with Gasteiger partial charge in [-0.3, -0.25) is 4.79 Å². The lowest BCUT2D eigenvalue weighted by atomic mass is 10.1. The molecule has 0 bridgehead atoms. The Labute approximate surface area is 163 Å². The van der Waals surface area contributed by atoms with Crippen molar-refractivity contribution in [1.82, 2.24) is 4.31 Å². The molecule has 1 N–H and O–H groups in total. The number of amides is 1. The summed E-state index contributed by atoms with van der Waals surface area (Å²) in [6.07, 6.45) is -2.26. The van der Waals surface area contributed by atoms with Crippen LogP contribution in [0.3, 0.4) is 0 Å². The number of hydrogen-bond donors (Lipinski definition) is 1. The molecule has 1 saturated heterocycles. The summed E-state index contributed by atoms with van der Waals surface area (Å²) in [6, 6.07) is 2.89. The highest BCUT2D eigenvalue weighted by Gasteiger charge is 2.31. The first-order valence-electron chi connectivity index (χ1n) is 9.25. The molecule has 0 saturated carbocycles. The normalized spacial score (nSPS) is 15.6. The Balaban J connectivity index is 1.99. The third-order valence-electron chi connectivity index (χ3n) is 4.31. The van der Waals surface area contributed by atoms with Crippen LogP contribution in [-0.4, -0.2) is 44.1 Å². The number of nitrogens with zero attached hydrogens (tertiary/aromatic N) is 1. The molecular formula is C18H25F3N2O4S. The minimum absolute atomic E-state index is 0.0734. The zero-order valence-corrected chi connectivity index (χ0v) is 16.5. The maximum Gasteiger partial charge on any atom is 0.416 e. The second-order valence-electron chi connectivity index (χ2n) is 6.63. The largest absolute Gasteiger partial charge is 0.491 e. The van der Waals surface area contributed by atoms with Crippen molar-refractivity contribution >= 4 is 21.6 Å². The SMILES string of the molecule is CCCOc1ccc(C(F)(F)F)cc1NC(=O)CCCS(=O)(=O)N1CCCC1.